The minimum atomic E-state index is -0.363. The summed E-state index contributed by atoms with van der Waals surface area (Å²) in [7, 11) is 0. The first-order valence-corrected chi connectivity index (χ1v) is 25.1. The first-order chi connectivity index (χ1) is 34.2. The third-order valence-electron chi connectivity index (χ3n) is 19.6. The van der Waals surface area contributed by atoms with E-state index in [-0.39, 0.29) is 39.9 Å². The maximum absolute atomic E-state index is 11.5. The lowest BCUT2D eigenvalue weighted by atomic mass is 9.43. The van der Waals surface area contributed by atoms with Gasteiger partial charge in [-0.05, 0) is 142 Å². The van der Waals surface area contributed by atoms with E-state index in [0.29, 0.717) is 0 Å². The summed E-state index contributed by atoms with van der Waals surface area (Å²) in [5.41, 5.74) is 30.9. The molecule has 0 N–H and O–H groups in total. The predicted molar refractivity (Wildman–Crippen MR) is 278 cm³/mol. The molecule has 0 amide bonds. The maximum Gasteiger partial charge on any atom is 0.0995 e. The normalized spacial score (nSPS) is 22.5. The van der Waals surface area contributed by atoms with E-state index in [1.54, 1.807) is 0 Å². The van der Waals surface area contributed by atoms with Gasteiger partial charge in [0.25, 0.3) is 0 Å². The summed E-state index contributed by atoms with van der Waals surface area (Å²) in [6.45, 7) is 9.73. The molecule has 0 saturated heterocycles. The smallest absolute Gasteiger partial charge is 0.0995 e. The predicted octanol–water partition coefficient (Wildman–Crippen LogP) is 15.1. The molecule has 324 valence electrons. The van der Waals surface area contributed by atoms with Crippen LogP contribution in [0.15, 0.2) is 152 Å². The van der Waals surface area contributed by atoms with Crippen molar-refractivity contribution in [2.24, 2.45) is 0 Å². The molecule has 0 fully saturated rings. The van der Waals surface area contributed by atoms with Crippen molar-refractivity contribution in [3.05, 3.63) is 252 Å². The second-order valence-corrected chi connectivity index (χ2v) is 22.7. The van der Waals surface area contributed by atoms with Crippen LogP contribution in [0, 0.1) is 22.7 Å². The summed E-state index contributed by atoms with van der Waals surface area (Å²) < 4.78 is 2.53. The van der Waals surface area contributed by atoms with Gasteiger partial charge in [-0.15, -0.1) is 0 Å². The number of aromatic nitrogens is 1. The highest BCUT2D eigenvalue weighted by molar-refractivity contribution is 6.29. The third kappa shape index (κ3) is 3.50. The van der Waals surface area contributed by atoms with Crippen molar-refractivity contribution in [2.75, 3.05) is 0 Å². The first kappa shape index (κ1) is 36.8. The quantitative estimate of drug-likeness (QED) is 0.152. The number of rotatable bonds is 0. The molecule has 11 aromatic rings. The van der Waals surface area contributed by atoms with Crippen LogP contribution in [0.2, 0.25) is 0 Å². The van der Waals surface area contributed by atoms with Gasteiger partial charge in [-0.2, -0.15) is 10.5 Å². The van der Waals surface area contributed by atoms with Gasteiger partial charge >= 0.3 is 0 Å². The Morgan fingerprint density at radius 2 is 0.900 bits per heavy atom. The molecule has 19 rings (SSSR count). The van der Waals surface area contributed by atoms with E-state index in [1.807, 2.05) is 0 Å². The second-order valence-electron chi connectivity index (χ2n) is 22.7. The molecule has 2 bridgehead atoms. The largest absolute Gasteiger partial charge is 0.308 e. The van der Waals surface area contributed by atoms with Gasteiger partial charge in [0.15, 0.2) is 0 Å². The zero-order valence-corrected chi connectivity index (χ0v) is 39.1. The minimum absolute atomic E-state index is 0.0284. The molecule has 3 unspecified atom stereocenters. The molecule has 1 spiro atoms. The fraction of sp³-hybridized carbons (Fsp3) is 0.164. The molecule has 3 atom stereocenters. The Kier molecular flexibility index (Phi) is 5.92. The van der Waals surface area contributed by atoms with E-state index >= 15 is 0 Å². The summed E-state index contributed by atoms with van der Waals surface area (Å²) in [6.07, 6.45) is 0. The molecule has 0 saturated carbocycles. The summed E-state index contributed by atoms with van der Waals surface area (Å²) in [6, 6.07) is 63.0. The average Bonchev–Trinajstić information content (AvgIpc) is 4.10. The Morgan fingerprint density at radius 1 is 0.414 bits per heavy atom. The summed E-state index contributed by atoms with van der Waals surface area (Å²) in [5.74, 6) is 0.146. The molecule has 70 heavy (non-hydrogen) atoms. The standard InChI is InChI=1S/C67H41N3/c1-65(2)45-22-12-9-15-34(45)41-28-49-42(29-48(41)65)43-27-44-56-50(25-32(30-68)52-54-35-16-5-7-18-37(35)55(58(52)56)38-19-8-6-17-36(38)54)70-51-26-33(31-69)53-59(57(51)60(64(44)70)61(43)66(49,3)4)63-40-21-11-14-24-47(40)67(63)46-23-13-10-20-39(46)62(53)67/h5-29,54-55,62-63H,1-4H3. The summed E-state index contributed by atoms with van der Waals surface area (Å²) in [5, 5.41) is 28.1. The molecule has 3 nitrogen and oxygen atoms in total. The monoisotopic (exact) mass is 887 g/mol. The molecule has 2 heterocycles. The number of hydrogen-bond donors (Lipinski definition) is 0. The van der Waals surface area contributed by atoms with Crippen LogP contribution in [0.1, 0.15) is 152 Å². The van der Waals surface area contributed by atoms with Crippen molar-refractivity contribution in [1.29, 1.82) is 10.5 Å². The van der Waals surface area contributed by atoms with Gasteiger partial charge in [0.2, 0.25) is 0 Å². The lowest BCUT2D eigenvalue weighted by Gasteiger charge is -2.58. The highest BCUT2D eigenvalue weighted by atomic mass is 14.9. The van der Waals surface area contributed by atoms with Crippen LogP contribution in [-0.2, 0) is 16.2 Å². The average molecular weight is 888 g/mol. The Morgan fingerprint density at radius 3 is 1.51 bits per heavy atom. The van der Waals surface area contributed by atoms with Gasteiger partial charge in [-0.1, -0.05) is 149 Å². The minimum Gasteiger partial charge on any atom is -0.308 e. The summed E-state index contributed by atoms with van der Waals surface area (Å²) in [4.78, 5) is 0. The topological polar surface area (TPSA) is 52.0 Å². The van der Waals surface area contributed by atoms with E-state index in [0.717, 1.165) is 27.7 Å². The van der Waals surface area contributed by atoms with Gasteiger partial charge in [0.1, 0.15) is 0 Å². The Hall–Kier alpha value is -8.24. The summed E-state index contributed by atoms with van der Waals surface area (Å²) >= 11 is 0. The number of nitrogens with zero attached hydrogens (tertiary/aromatic N) is 3. The van der Waals surface area contributed by atoms with E-state index in [9.17, 15) is 10.5 Å². The van der Waals surface area contributed by atoms with Gasteiger partial charge in [0, 0.05) is 61.5 Å². The lowest BCUT2D eigenvalue weighted by molar-refractivity contribution is 0.333. The van der Waals surface area contributed by atoms with Crippen molar-refractivity contribution >= 4 is 38.1 Å². The number of benzene rings is 9. The highest BCUT2D eigenvalue weighted by Crippen LogP contribution is 2.79. The molecule has 0 aliphatic heterocycles. The molecule has 8 aliphatic rings. The van der Waals surface area contributed by atoms with Crippen molar-refractivity contribution in [2.45, 2.75) is 67.6 Å². The van der Waals surface area contributed by atoms with E-state index in [1.165, 1.54) is 133 Å². The van der Waals surface area contributed by atoms with E-state index in [4.69, 9.17) is 0 Å². The number of fused-ring (bicyclic) bond motifs is 21. The third-order valence-corrected chi connectivity index (χ3v) is 19.6. The lowest BCUT2D eigenvalue weighted by Crippen LogP contribution is -2.52. The SMILES string of the molecule is CC1(C)c2ccccc2-c2cc3c(cc21)-c1cc2c4c5c(c(C#N)cc4n4c6cc(C#N)c7c(c6c(c1C3(C)C)c24)C1c2ccccc2C12c1ccccc1C72)C1c2ccccc2C5c2ccccc21. The van der Waals surface area contributed by atoms with Crippen molar-refractivity contribution in [1.82, 2.24) is 4.40 Å². The Balaban J connectivity index is 1.06. The molecule has 9 aromatic carbocycles. The van der Waals surface area contributed by atoms with Gasteiger partial charge < -0.3 is 4.40 Å². The van der Waals surface area contributed by atoms with Crippen LogP contribution >= 0.6 is 0 Å². The van der Waals surface area contributed by atoms with Gasteiger partial charge in [-0.3, -0.25) is 0 Å². The zero-order valence-electron chi connectivity index (χ0n) is 39.1. The Bertz CT molecular complexity index is 4490. The first-order valence-electron chi connectivity index (χ1n) is 25.1. The molecular formula is C67H41N3. The van der Waals surface area contributed by atoms with Crippen LogP contribution in [-0.4, -0.2) is 4.40 Å². The molecule has 0 radical (unpaired) electrons. The highest BCUT2D eigenvalue weighted by Gasteiger charge is 2.70. The van der Waals surface area contributed by atoms with E-state index < -0.39 is 0 Å². The molecule has 8 aliphatic carbocycles. The Labute approximate surface area is 404 Å². The number of hydrogen-bond acceptors (Lipinski definition) is 2. The maximum atomic E-state index is 11.5. The van der Waals surface area contributed by atoms with E-state index in [2.05, 4.69) is 196 Å². The van der Waals surface area contributed by atoms with Crippen LogP contribution in [0.5, 0.6) is 0 Å². The number of nitriles is 2. The van der Waals surface area contributed by atoms with Crippen LogP contribution in [0.25, 0.3) is 60.3 Å². The fourth-order valence-corrected chi connectivity index (χ4v) is 17.2. The zero-order chi connectivity index (χ0) is 46.2. The van der Waals surface area contributed by atoms with Crippen LogP contribution < -0.4 is 0 Å². The van der Waals surface area contributed by atoms with Gasteiger partial charge in [-0.25, -0.2) is 0 Å². The molecule has 2 aromatic heterocycles. The molecular weight excluding hydrogens is 847 g/mol. The van der Waals surface area contributed by atoms with Crippen molar-refractivity contribution in [3.63, 3.8) is 0 Å². The van der Waals surface area contributed by atoms with Crippen molar-refractivity contribution in [3.8, 4) is 34.4 Å². The molecule has 3 heteroatoms. The van der Waals surface area contributed by atoms with Crippen LogP contribution in [0.3, 0.4) is 0 Å². The van der Waals surface area contributed by atoms with Crippen molar-refractivity contribution < 1.29 is 0 Å². The van der Waals surface area contributed by atoms with Crippen LogP contribution in [0.4, 0.5) is 0 Å². The second kappa shape index (κ2) is 11.3. The fourth-order valence-electron chi connectivity index (χ4n) is 17.2. The van der Waals surface area contributed by atoms with Gasteiger partial charge in [0.05, 0.1) is 39.8 Å².